The molecule has 118 valence electrons. The Kier molecular flexibility index (Phi) is 4.54. The number of nitrogen functional groups attached to an aromatic ring is 1. The van der Waals surface area contributed by atoms with Gasteiger partial charge in [0.05, 0.1) is 15.5 Å². The monoisotopic (exact) mass is 343 g/mol. The quantitative estimate of drug-likeness (QED) is 0.547. The van der Waals surface area contributed by atoms with E-state index in [1.165, 1.54) is 28.7 Å². The zero-order chi connectivity index (χ0) is 16.4. The number of anilines is 2. The van der Waals surface area contributed by atoms with E-state index in [-0.39, 0.29) is 11.2 Å². The van der Waals surface area contributed by atoms with Gasteiger partial charge in [-0.2, -0.15) is 0 Å². The molecular weight excluding hydrogens is 326 g/mol. The number of nitrogens with zero attached hydrogens (tertiary/aromatic N) is 1. The molecule has 4 nitrogen and oxygen atoms in total. The molecule has 0 bridgehead atoms. The van der Waals surface area contributed by atoms with Crippen molar-refractivity contribution in [3.8, 4) is 0 Å². The summed E-state index contributed by atoms with van der Waals surface area (Å²) in [6.07, 6.45) is 0. The van der Waals surface area contributed by atoms with Gasteiger partial charge in [-0.05, 0) is 55.8 Å². The van der Waals surface area contributed by atoms with Crippen LogP contribution in [0.5, 0.6) is 0 Å². The van der Waals surface area contributed by atoms with Crippen LogP contribution in [0.4, 0.5) is 10.8 Å². The lowest BCUT2D eigenvalue weighted by Crippen LogP contribution is -2.22. The van der Waals surface area contributed by atoms with Gasteiger partial charge in [0.2, 0.25) is 5.91 Å². The Labute approximate surface area is 143 Å². The number of fused-ring (bicyclic) bond motifs is 1. The van der Waals surface area contributed by atoms with Crippen LogP contribution in [0.1, 0.15) is 12.5 Å². The van der Waals surface area contributed by atoms with Crippen molar-refractivity contribution in [2.24, 2.45) is 0 Å². The van der Waals surface area contributed by atoms with E-state index in [9.17, 15) is 4.79 Å². The predicted molar refractivity (Wildman–Crippen MR) is 99.2 cm³/mol. The Morgan fingerprint density at radius 2 is 2.00 bits per heavy atom. The molecule has 0 aliphatic carbocycles. The third kappa shape index (κ3) is 3.83. The zero-order valence-corrected chi connectivity index (χ0v) is 14.5. The molecule has 1 atom stereocenters. The first-order chi connectivity index (χ1) is 11.0. The number of benzene rings is 2. The number of thiazole rings is 1. The number of thioether (sulfide) groups is 1. The Hall–Kier alpha value is -2.05. The number of hydrogen-bond acceptors (Lipinski definition) is 5. The molecule has 3 aromatic rings. The van der Waals surface area contributed by atoms with Crippen molar-refractivity contribution in [2.75, 3.05) is 11.1 Å². The second-order valence-corrected chi connectivity index (χ2v) is 7.75. The maximum absolute atomic E-state index is 12.3. The Morgan fingerprint density at radius 1 is 1.26 bits per heavy atom. The van der Waals surface area contributed by atoms with Gasteiger partial charge in [-0.15, -0.1) is 11.8 Å². The summed E-state index contributed by atoms with van der Waals surface area (Å²) in [5, 5.41) is 3.33. The molecule has 0 aliphatic rings. The average molecular weight is 343 g/mol. The van der Waals surface area contributed by atoms with Gasteiger partial charge in [-0.25, -0.2) is 4.98 Å². The molecule has 0 saturated carbocycles. The minimum Gasteiger partial charge on any atom is -0.399 e. The lowest BCUT2D eigenvalue weighted by atomic mass is 10.2. The van der Waals surface area contributed by atoms with Crippen LogP contribution in [0, 0.1) is 6.92 Å². The molecule has 3 rings (SSSR count). The molecule has 23 heavy (non-hydrogen) atoms. The molecule has 3 N–H and O–H groups in total. The topological polar surface area (TPSA) is 68.0 Å². The van der Waals surface area contributed by atoms with Crippen molar-refractivity contribution in [3.05, 3.63) is 48.0 Å². The fraction of sp³-hybridized carbons (Fsp3) is 0.176. The van der Waals surface area contributed by atoms with Crippen LogP contribution in [-0.2, 0) is 4.79 Å². The molecule has 2 aromatic carbocycles. The molecule has 0 fully saturated rings. The van der Waals surface area contributed by atoms with Crippen molar-refractivity contribution in [3.63, 3.8) is 0 Å². The summed E-state index contributed by atoms with van der Waals surface area (Å²) < 4.78 is 1.08. The Morgan fingerprint density at radius 3 is 2.74 bits per heavy atom. The SMILES string of the molecule is Cc1ccc2nc(NC(=O)C(C)Sc3ccc(N)cc3)sc2c1. The molecule has 0 radical (unpaired) electrons. The molecule has 1 amide bonds. The standard InChI is InChI=1S/C17H17N3OS2/c1-10-3-8-14-15(9-10)23-17(19-14)20-16(21)11(2)22-13-6-4-12(18)5-7-13/h3-9,11H,18H2,1-2H3,(H,19,20,21). The summed E-state index contributed by atoms with van der Waals surface area (Å²) in [5.74, 6) is -0.0531. The van der Waals surface area contributed by atoms with Gasteiger partial charge in [-0.1, -0.05) is 17.4 Å². The van der Waals surface area contributed by atoms with Gasteiger partial charge in [0.1, 0.15) is 0 Å². The van der Waals surface area contributed by atoms with Gasteiger partial charge in [0.15, 0.2) is 5.13 Å². The van der Waals surface area contributed by atoms with Crippen molar-refractivity contribution in [1.82, 2.24) is 4.98 Å². The largest absolute Gasteiger partial charge is 0.399 e. The number of nitrogens with one attached hydrogen (secondary N) is 1. The number of carbonyl (C=O) groups excluding carboxylic acids is 1. The number of rotatable bonds is 4. The maximum atomic E-state index is 12.3. The lowest BCUT2D eigenvalue weighted by molar-refractivity contribution is -0.115. The third-order valence-corrected chi connectivity index (χ3v) is 5.38. The van der Waals surface area contributed by atoms with Gasteiger partial charge in [0.25, 0.3) is 0 Å². The summed E-state index contributed by atoms with van der Waals surface area (Å²) >= 11 is 2.99. The van der Waals surface area contributed by atoms with Crippen LogP contribution in [0.3, 0.4) is 0 Å². The zero-order valence-electron chi connectivity index (χ0n) is 12.9. The summed E-state index contributed by atoms with van der Waals surface area (Å²) in [6, 6.07) is 13.6. The van der Waals surface area contributed by atoms with Crippen LogP contribution in [0.15, 0.2) is 47.4 Å². The normalized spacial score (nSPS) is 12.3. The minimum atomic E-state index is -0.215. The molecule has 1 unspecified atom stereocenters. The molecular formula is C17H17N3OS2. The van der Waals surface area contributed by atoms with Crippen LogP contribution in [0.25, 0.3) is 10.2 Å². The van der Waals surface area contributed by atoms with E-state index in [1.807, 2.05) is 50.2 Å². The molecule has 1 aromatic heterocycles. The fourth-order valence-corrected chi connectivity index (χ4v) is 3.93. The molecule has 1 heterocycles. The predicted octanol–water partition coefficient (Wildman–Crippen LogP) is 4.31. The minimum absolute atomic E-state index is 0.0531. The summed E-state index contributed by atoms with van der Waals surface area (Å²) in [7, 11) is 0. The van der Waals surface area contributed by atoms with E-state index >= 15 is 0 Å². The van der Waals surface area contributed by atoms with Crippen LogP contribution in [-0.4, -0.2) is 16.1 Å². The van der Waals surface area contributed by atoms with E-state index in [4.69, 9.17) is 5.73 Å². The number of carbonyl (C=O) groups is 1. The van der Waals surface area contributed by atoms with Crippen LogP contribution >= 0.6 is 23.1 Å². The number of nitrogens with two attached hydrogens (primary N) is 1. The first kappa shape index (κ1) is 15.8. The molecule has 0 saturated heterocycles. The van der Waals surface area contributed by atoms with Crippen molar-refractivity contribution in [1.29, 1.82) is 0 Å². The number of aromatic nitrogens is 1. The number of amides is 1. The third-order valence-electron chi connectivity index (χ3n) is 3.34. The van der Waals surface area contributed by atoms with E-state index in [1.54, 1.807) is 0 Å². The van der Waals surface area contributed by atoms with E-state index in [0.29, 0.717) is 5.13 Å². The highest BCUT2D eigenvalue weighted by Gasteiger charge is 2.16. The lowest BCUT2D eigenvalue weighted by Gasteiger charge is -2.10. The maximum Gasteiger partial charge on any atom is 0.239 e. The summed E-state index contributed by atoms with van der Waals surface area (Å²) in [5.41, 5.74) is 8.49. The Bertz CT molecular complexity index is 843. The van der Waals surface area contributed by atoms with E-state index in [0.717, 1.165) is 20.8 Å². The summed E-state index contributed by atoms with van der Waals surface area (Å²) in [4.78, 5) is 17.8. The molecule has 0 spiro atoms. The van der Waals surface area contributed by atoms with Gasteiger partial charge >= 0.3 is 0 Å². The highest BCUT2D eigenvalue weighted by Crippen LogP contribution is 2.29. The van der Waals surface area contributed by atoms with Crippen molar-refractivity contribution >= 4 is 50.0 Å². The van der Waals surface area contributed by atoms with Crippen molar-refractivity contribution < 1.29 is 4.79 Å². The van der Waals surface area contributed by atoms with Gasteiger partial charge < -0.3 is 11.1 Å². The van der Waals surface area contributed by atoms with E-state index < -0.39 is 0 Å². The van der Waals surface area contributed by atoms with Crippen molar-refractivity contribution in [2.45, 2.75) is 24.0 Å². The second-order valence-electron chi connectivity index (χ2n) is 5.31. The number of aryl methyl sites for hydroxylation is 1. The second kappa shape index (κ2) is 6.60. The van der Waals surface area contributed by atoms with Crippen LogP contribution < -0.4 is 11.1 Å². The van der Waals surface area contributed by atoms with E-state index in [2.05, 4.69) is 16.4 Å². The highest BCUT2D eigenvalue weighted by atomic mass is 32.2. The molecule has 0 aliphatic heterocycles. The smallest absolute Gasteiger partial charge is 0.239 e. The average Bonchev–Trinajstić information content (AvgIpc) is 2.90. The fourth-order valence-electron chi connectivity index (χ4n) is 2.10. The van der Waals surface area contributed by atoms with Gasteiger partial charge in [-0.3, -0.25) is 4.79 Å². The molecule has 6 heteroatoms. The van der Waals surface area contributed by atoms with Gasteiger partial charge in [0, 0.05) is 10.6 Å². The number of hydrogen-bond donors (Lipinski definition) is 2. The summed E-state index contributed by atoms with van der Waals surface area (Å²) in [6.45, 7) is 3.93. The highest BCUT2D eigenvalue weighted by molar-refractivity contribution is 8.00. The first-order valence-electron chi connectivity index (χ1n) is 7.21. The first-order valence-corrected chi connectivity index (χ1v) is 8.91. The Balaban J connectivity index is 1.68. The van der Waals surface area contributed by atoms with Crippen LogP contribution in [0.2, 0.25) is 0 Å².